The Bertz CT molecular complexity index is 1330. The molecule has 37 heavy (non-hydrogen) atoms. The van der Waals surface area contributed by atoms with Gasteiger partial charge < -0.3 is 19.4 Å². The average molecular weight is 500 g/mol. The first-order valence-electron chi connectivity index (χ1n) is 13.1. The molecule has 4 rings (SSSR count). The van der Waals surface area contributed by atoms with Gasteiger partial charge in [-0.2, -0.15) is 0 Å². The number of carbonyl (C=O) groups is 1. The van der Waals surface area contributed by atoms with Crippen LogP contribution in [-0.2, 0) is 17.8 Å². The Morgan fingerprint density at radius 1 is 1.03 bits per heavy atom. The predicted octanol–water partition coefficient (Wildman–Crippen LogP) is 5.98. The van der Waals surface area contributed by atoms with Crippen LogP contribution >= 0.6 is 0 Å². The summed E-state index contributed by atoms with van der Waals surface area (Å²) in [7, 11) is 0. The van der Waals surface area contributed by atoms with Crippen molar-refractivity contribution in [2.24, 2.45) is 0 Å². The maximum atomic E-state index is 12.4. The number of hydrogen-bond donors (Lipinski definition) is 1. The smallest absolute Gasteiger partial charge is 0.257 e. The minimum Gasteiger partial charge on any atom is -0.492 e. The van der Waals surface area contributed by atoms with Crippen LogP contribution in [0.25, 0.3) is 11.0 Å². The summed E-state index contributed by atoms with van der Waals surface area (Å²) in [6, 6.07) is 22.5. The fourth-order valence-corrected chi connectivity index (χ4v) is 4.32. The minimum atomic E-state index is -0.146. The van der Waals surface area contributed by atoms with Crippen molar-refractivity contribution in [1.29, 1.82) is 0 Å². The molecule has 4 aromatic rings. The first-order valence-corrected chi connectivity index (χ1v) is 13.1. The maximum absolute atomic E-state index is 12.4. The van der Waals surface area contributed by atoms with Gasteiger partial charge in [0.05, 0.1) is 17.6 Å². The Morgan fingerprint density at radius 2 is 1.81 bits per heavy atom. The van der Waals surface area contributed by atoms with Crippen LogP contribution in [0, 0.1) is 13.8 Å². The highest BCUT2D eigenvalue weighted by molar-refractivity contribution is 5.78. The number of aromatic nitrogens is 2. The van der Waals surface area contributed by atoms with E-state index in [1.54, 1.807) is 0 Å². The Morgan fingerprint density at radius 3 is 2.59 bits per heavy atom. The van der Waals surface area contributed by atoms with E-state index in [-0.39, 0.29) is 12.5 Å². The lowest BCUT2D eigenvalue weighted by molar-refractivity contribution is -0.123. The first kappa shape index (κ1) is 26.3. The molecule has 1 heterocycles. The molecular weight excluding hydrogens is 462 g/mol. The van der Waals surface area contributed by atoms with Crippen LogP contribution in [0.3, 0.4) is 0 Å². The van der Waals surface area contributed by atoms with Gasteiger partial charge in [0.1, 0.15) is 23.9 Å². The molecule has 6 nitrogen and oxygen atoms in total. The Balaban J connectivity index is 1.32. The summed E-state index contributed by atoms with van der Waals surface area (Å²) in [6.07, 6.45) is 1.74. The molecule has 1 aromatic heterocycles. The van der Waals surface area contributed by atoms with E-state index in [0.717, 1.165) is 45.9 Å². The summed E-state index contributed by atoms with van der Waals surface area (Å²) in [5, 5.41) is 2.96. The number of para-hydroxylation sites is 2. The minimum absolute atomic E-state index is 0.00955. The molecule has 0 aliphatic rings. The highest BCUT2D eigenvalue weighted by atomic mass is 16.5. The number of rotatable bonds is 12. The fourth-order valence-electron chi connectivity index (χ4n) is 4.32. The zero-order valence-electron chi connectivity index (χ0n) is 22.3. The highest BCUT2D eigenvalue weighted by Crippen LogP contribution is 2.22. The van der Waals surface area contributed by atoms with Gasteiger partial charge in [-0.1, -0.05) is 50.2 Å². The topological polar surface area (TPSA) is 65.4 Å². The Hall–Kier alpha value is -3.80. The van der Waals surface area contributed by atoms with E-state index in [1.165, 1.54) is 5.56 Å². The zero-order valence-corrected chi connectivity index (χ0v) is 22.3. The molecule has 1 N–H and O–H groups in total. The highest BCUT2D eigenvalue weighted by Gasteiger charge is 2.12. The predicted molar refractivity (Wildman–Crippen MR) is 149 cm³/mol. The molecular formula is C31H37N3O3. The van der Waals surface area contributed by atoms with E-state index in [2.05, 4.69) is 41.9 Å². The standard InChI is InChI=1S/C31H37N3O3/c1-5-23(3)25-12-14-26(15-13-25)36-19-18-34-28-9-7-6-8-27(28)33-30(34)16-17-32-31(35)21-37-29-20-22(2)10-11-24(29)4/h6-15,20,23H,5,16-19,21H2,1-4H3,(H,32,35). The van der Waals surface area contributed by atoms with E-state index in [9.17, 15) is 4.79 Å². The lowest BCUT2D eigenvalue weighted by Gasteiger charge is -2.13. The largest absolute Gasteiger partial charge is 0.492 e. The van der Waals surface area contributed by atoms with E-state index in [1.807, 2.05) is 62.4 Å². The van der Waals surface area contributed by atoms with Gasteiger partial charge in [-0.3, -0.25) is 4.79 Å². The second-order valence-corrected chi connectivity index (χ2v) is 9.55. The quantitative estimate of drug-likeness (QED) is 0.260. The van der Waals surface area contributed by atoms with Crippen molar-refractivity contribution in [1.82, 2.24) is 14.9 Å². The van der Waals surface area contributed by atoms with Gasteiger partial charge in [0.2, 0.25) is 0 Å². The molecule has 0 spiro atoms. The van der Waals surface area contributed by atoms with Crippen LogP contribution in [0.4, 0.5) is 0 Å². The molecule has 3 aromatic carbocycles. The summed E-state index contributed by atoms with van der Waals surface area (Å²) < 4.78 is 14.0. The number of imidazole rings is 1. The number of hydrogen-bond acceptors (Lipinski definition) is 4. The van der Waals surface area contributed by atoms with Gasteiger partial charge >= 0.3 is 0 Å². The Kier molecular flexibility index (Phi) is 8.83. The van der Waals surface area contributed by atoms with Crippen LogP contribution < -0.4 is 14.8 Å². The van der Waals surface area contributed by atoms with E-state index in [4.69, 9.17) is 14.5 Å². The van der Waals surface area contributed by atoms with Crippen LogP contribution in [0.15, 0.2) is 66.7 Å². The molecule has 0 aliphatic heterocycles. The summed E-state index contributed by atoms with van der Waals surface area (Å²) in [6.45, 7) is 10.1. The second-order valence-electron chi connectivity index (χ2n) is 9.55. The molecule has 6 heteroatoms. The number of benzene rings is 3. The number of carbonyl (C=O) groups excluding carboxylic acids is 1. The van der Waals surface area contributed by atoms with Gasteiger partial charge in [0, 0.05) is 13.0 Å². The third-order valence-electron chi connectivity index (χ3n) is 6.75. The number of aryl methyl sites for hydroxylation is 2. The van der Waals surface area contributed by atoms with Gasteiger partial charge in [-0.05, 0) is 73.2 Å². The monoisotopic (exact) mass is 499 g/mol. The summed E-state index contributed by atoms with van der Waals surface area (Å²) in [4.78, 5) is 17.2. The van der Waals surface area contributed by atoms with Crippen molar-refractivity contribution in [2.45, 2.75) is 53.0 Å². The number of fused-ring (bicyclic) bond motifs is 1. The van der Waals surface area contributed by atoms with Crippen LogP contribution in [0.1, 0.15) is 48.7 Å². The van der Waals surface area contributed by atoms with Crippen molar-refractivity contribution >= 4 is 16.9 Å². The summed E-state index contributed by atoms with van der Waals surface area (Å²) in [5.41, 5.74) is 5.46. The van der Waals surface area contributed by atoms with Crippen LogP contribution in [-0.4, -0.2) is 35.2 Å². The van der Waals surface area contributed by atoms with Gasteiger partial charge in [-0.15, -0.1) is 0 Å². The lowest BCUT2D eigenvalue weighted by atomic mass is 9.99. The molecule has 0 saturated carbocycles. The third kappa shape index (κ3) is 6.91. The van der Waals surface area contributed by atoms with Crippen LogP contribution in [0.5, 0.6) is 11.5 Å². The normalized spacial score (nSPS) is 11.9. The molecule has 1 amide bonds. The van der Waals surface area contributed by atoms with Crippen LogP contribution in [0.2, 0.25) is 0 Å². The van der Waals surface area contributed by atoms with Crippen molar-refractivity contribution in [3.63, 3.8) is 0 Å². The number of nitrogens with zero attached hydrogens (tertiary/aromatic N) is 2. The number of amides is 1. The van der Waals surface area contributed by atoms with Gasteiger partial charge in [-0.25, -0.2) is 4.98 Å². The summed E-state index contributed by atoms with van der Waals surface area (Å²) in [5.74, 6) is 2.94. The second kappa shape index (κ2) is 12.4. The molecule has 0 radical (unpaired) electrons. The van der Waals surface area contributed by atoms with E-state index in [0.29, 0.717) is 32.0 Å². The van der Waals surface area contributed by atoms with Crippen molar-refractivity contribution in [3.8, 4) is 11.5 Å². The zero-order chi connectivity index (χ0) is 26.2. The SMILES string of the molecule is CCC(C)c1ccc(OCCn2c(CCNC(=O)COc3cc(C)ccc3C)nc3ccccc32)cc1. The molecule has 0 aliphatic carbocycles. The molecule has 1 atom stereocenters. The average Bonchev–Trinajstić information content (AvgIpc) is 3.26. The van der Waals surface area contributed by atoms with Crippen molar-refractivity contribution < 1.29 is 14.3 Å². The molecule has 1 unspecified atom stereocenters. The Labute approximate surface area is 219 Å². The van der Waals surface area contributed by atoms with E-state index < -0.39 is 0 Å². The number of ether oxygens (including phenoxy) is 2. The summed E-state index contributed by atoms with van der Waals surface area (Å²) >= 11 is 0. The lowest BCUT2D eigenvalue weighted by Crippen LogP contribution is -2.31. The molecule has 194 valence electrons. The van der Waals surface area contributed by atoms with Gasteiger partial charge in [0.15, 0.2) is 6.61 Å². The van der Waals surface area contributed by atoms with E-state index >= 15 is 0 Å². The molecule has 0 saturated heterocycles. The first-order chi connectivity index (χ1) is 17.9. The molecule has 0 bridgehead atoms. The fraction of sp³-hybridized carbons (Fsp3) is 0.355. The third-order valence-corrected chi connectivity index (χ3v) is 6.75. The number of nitrogens with one attached hydrogen (secondary N) is 1. The van der Waals surface area contributed by atoms with Crippen molar-refractivity contribution in [3.05, 3.63) is 89.2 Å². The maximum Gasteiger partial charge on any atom is 0.257 e. The van der Waals surface area contributed by atoms with Crippen molar-refractivity contribution in [2.75, 3.05) is 19.8 Å². The van der Waals surface area contributed by atoms with Gasteiger partial charge in [0.25, 0.3) is 5.91 Å². The molecule has 0 fully saturated rings.